The van der Waals surface area contributed by atoms with Gasteiger partial charge >= 0.3 is 0 Å². The molecule has 3 aromatic carbocycles. The van der Waals surface area contributed by atoms with Crippen LogP contribution in [0, 0.1) is 0 Å². The minimum atomic E-state index is -4.44. The van der Waals surface area contributed by atoms with Gasteiger partial charge in [0, 0.05) is 28.7 Å². The summed E-state index contributed by atoms with van der Waals surface area (Å²) in [6.07, 6.45) is 0.690. The number of amides is 2. The molecule has 0 spiro atoms. The van der Waals surface area contributed by atoms with Crippen LogP contribution in [-0.2, 0) is 26.2 Å². The summed E-state index contributed by atoms with van der Waals surface area (Å²) in [7, 11) is -0.247. The zero-order chi connectivity index (χ0) is 32.6. The molecule has 3 rings (SSSR count). The SMILES string of the molecule is CC[C@@H](C)NC(=O)[C@@H](C)N(Cc1ccc(Cl)cc1)C(=O)CN(c1cc(Cl)ccc1OC)S(=O)(=O)c1ccc(OC)c(OC)c1. The first kappa shape index (κ1) is 34.8. The van der Waals surface area contributed by atoms with Crippen molar-refractivity contribution in [2.75, 3.05) is 32.2 Å². The number of benzene rings is 3. The van der Waals surface area contributed by atoms with Gasteiger partial charge < -0.3 is 24.4 Å². The summed E-state index contributed by atoms with van der Waals surface area (Å²) in [6, 6.07) is 14.3. The van der Waals surface area contributed by atoms with Crippen LogP contribution in [0.5, 0.6) is 17.2 Å². The highest BCUT2D eigenvalue weighted by Gasteiger charge is 2.34. The summed E-state index contributed by atoms with van der Waals surface area (Å²) < 4.78 is 45.6. The van der Waals surface area contributed by atoms with Gasteiger partial charge in [-0.3, -0.25) is 13.9 Å². The second-order valence-electron chi connectivity index (χ2n) is 9.99. The van der Waals surface area contributed by atoms with Crippen molar-refractivity contribution < 1.29 is 32.2 Å². The van der Waals surface area contributed by atoms with E-state index >= 15 is 0 Å². The number of carbonyl (C=O) groups is 2. The number of sulfonamides is 1. The lowest BCUT2D eigenvalue weighted by Crippen LogP contribution is -2.52. The number of carbonyl (C=O) groups excluding carboxylic acids is 2. The van der Waals surface area contributed by atoms with E-state index in [9.17, 15) is 18.0 Å². The minimum absolute atomic E-state index is 0.0159. The molecular formula is C31H37Cl2N3O7S. The van der Waals surface area contributed by atoms with Crippen molar-refractivity contribution in [2.24, 2.45) is 0 Å². The van der Waals surface area contributed by atoms with Crippen molar-refractivity contribution in [3.05, 3.63) is 76.3 Å². The molecule has 0 aliphatic heterocycles. The summed E-state index contributed by atoms with van der Waals surface area (Å²) in [6.45, 7) is 4.73. The molecule has 0 radical (unpaired) electrons. The van der Waals surface area contributed by atoms with E-state index in [1.807, 2.05) is 13.8 Å². The van der Waals surface area contributed by atoms with Gasteiger partial charge in [0.2, 0.25) is 11.8 Å². The van der Waals surface area contributed by atoms with Crippen molar-refractivity contribution in [1.82, 2.24) is 10.2 Å². The molecule has 0 aromatic heterocycles. The van der Waals surface area contributed by atoms with Crippen LogP contribution in [0.15, 0.2) is 65.6 Å². The van der Waals surface area contributed by atoms with E-state index in [4.69, 9.17) is 37.4 Å². The summed E-state index contributed by atoms with van der Waals surface area (Å²) in [4.78, 5) is 28.6. The van der Waals surface area contributed by atoms with Gasteiger partial charge in [0.15, 0.2) is 11.5 Å². The zero-order valence-corrected chi connectivity index (χ0v) is 27.8. The summed E-state index contributed by atoms with van der Waals surface area (Å²) in [5.41, 5.74) is 0.729. The number of halogens is 2. The smallest absolute Gasteiger partial charge is 0.265 e. The fraction of sp³-hybridized carbons (Fsp3) is 0.355. The molecule has 0 fully saturated rings. The van der Waals surface area contributed by atoms with E-state index in [0.717, 1.165) is 4.31 Å². The number of anilines is 1. The van der Waals surface area contributed by atoms with E-state index in [1.54, 1.807) is 37.3 Å². The van der Waals surface area contributed by atoms with Gasteiger partial charge in [-0.15, -0.1) is 0 Å². The Morgan fingerprint density at radius 3 is 2.02 bits per heavy atom. The number of hydrogen-bond donors (Lipinski definition) is 1. The lowest BCUT2D eigenvalue weighted by Gasteiger charge is -2.33. The highest BCUT2D eigenvalue weighted by molar-refractivity contribution is 7.92. The predicted octanol–water partition coefficient (Wildman–Crippen LogP) is 5.55. The van der Waals surface area contributed by atoms with Crippen LogP contribution in [0.1, 0.15) is 32.8 Å². The molecule has 0 bridgehead atoms. The molecular weight excluding hydrogens is 629 g/mol. The highest BCUT2D eigenvalue weighted by Crippen LogP contribution is 2.37. The molecule has 238 valence electrons. The van der Waals surface area contributed by atoms with Crippen LogP contribution in [0.2, 0.25) is 10.0 Å². The first-order chi connectivity index (χ1) is 20.9. The molecule has 10 nitrogen and oxygen atoms in total. The van der Waals surface area contributed by atoms with Gasteiger partial charge in [-0.2, -0.15) is 0 Å². The third kappa shape index (κ3) is 8.28. The highest BCUT2D eigenvalue weighted by atomic mass is 35.5. The van der Waals surface area contributed by atoms with Crippen molar-refractivity contribution in [3.63, 3.8) is 0 Å². The average Bonchev–Trinajstić information content (AvgIpc) is 3.02. The molecule has 44 heavy (non-hydrogen) atoms. The zero-order valence-electron chi connectivity index (χ0n) is 25.5. The normalized spacial score (nSPS) is 12.5. The first-order valence-corrected chi connectivity index (χ1v) is 16.0. The topological polar surface area (TPSA) is 114 Å². The van der Waals surface area contributed by atoms with Gasteiger partial charge in [-0.25, -0.2) is 8.42 Å². The second-order valence-corrected chi connectivity index (χ2v) is 12.7. The van der Waals surface area contributed by atoms with Crippen molar-refractivity contribution in [2.45, 2.75) is 50.7 Å². The number of methoxy groups -OCH3 is 3. The number of nitrogens with one attached hydrogen (secondary N) is 1. The van der Waals surface area contributed by atoms with Crippen molar-refractivity contribution in [3.8, 4) is 17.2 Å². The number of rotatable bonds is 14. The Bertz CT molecular complexity index is 1570. The van der Waals surface area contributed by atoms with Crippen LogP contribution in [-0.4, -0.2) is 65.1 Å². The molecule has 0 heterocycles. The van der Waals surface area contributed by atoms with Crippen molar-refractivity contribution >= 4 is 50.7 Å². The minimum Gasteiger partial charge on any atom is -0.495 e. The molecule has 0 saturated heterocycles. The van der Waals surface area contributed by atoms with Gasteiger partial charge in [0.05, 0.1) is 31.9 Å². The van der Waals surface area contributed by atoms with E-state index in [0.29, 0.717) is 22.8 Å². The van der Waals surface area contributed by atoms with Crippen LogP contribution in [0.4, 0.5) is 5.69 Å². The summed E-state index contributed by atoms with van der Waals surface area (Å²) in [5, 5.41) is 3.63. The molecule has 0 aliphatic rings. The Balaban J connectivity index is 2.14. The Morgan fingerprint density at radius 2 is 1.43 bits per heavy atom. The van der Waals surface area contributed by atoms with Gasteiger partial charge in [0.1, 0.15) is 18.3 Å². The third-order valence-electron chi connectivity index (χ3n) is 7.07. The Morgan fingerprint density at radius 1 is 0.841 bits per heavy atom. The molecule has 0 saturated carbocycles. The second kappa shape index (κ2) is 15.4. The molecule has 1 N–H and O–H groups in total. The maximum atomic E-state index is 14.3. The Kier molecular flexibility index (Phi) is 12.2. The van der Waals surface area contributed by atoms with Gasteiger partial charge in [-0.05, 0) is 68.3 Å². The Hall–Kier alpha value is -3.67. The molecule has 0 aliphatic carbocycles. The quantitative estimate of drug-likeness (QED) is 0.240. The largest absolute Gasteiger partial charge is 0.495 e. The van der Waals surface area contributed by atoms with E-state index in [-0.39, 0.29) is 45.6 Å². The predicted molar refractivity (Wildman–Crippen MR) is 171 cm³/mol. The number of hydrogen-bond acceptors (Lipinski definition) is 7. The fourth-order valence-corrected chi connectivity index (χ4v) is 6.04. The van der Waals surface area contributed by atoms with Gasteiger partial charge in [0.25, 0.3) is 10.0 Å². The van der Waals surface area contributed by atoms with Crippen LogP contribution in [0.25, 0.3) is 0 Å². The average molecular weight is 667 g/mol. The molecule has 2 amide bonds. The monoisotopic (exact) mass is 665 g/mol. The lowest BCUT2D eigenvalue weighted by atomic mass is 10.1. The maximum Gasteiger partial charge on any atom is 0.265 e. The summed E-state index contributed by atoms with van der Waals surface area (Å²) in [5.74, 6) is -0.352. The summed E-state index contributed by atoms with van der Waals surface area (Å²) >= 11 is 12.4. The van der Waals surface area contributed by atoms with Crippen LogP contribution < -0.4 is 23.8 Å². The Labute approximate surface area is 268 Å². The molecule has 13 heteroatoms. The first-order valence-electron chi connectivity index (χ1n) is 13.8. The molecule has 3 aromatic rings. The van der Waals surface area contributed by atoms with Crippen LogP contribution >= 0.6 is 23.2 Å². The molecule has 0 unspecified atom stereocenters. The lowest BCUT2D eigenvalue weighted by molar-refractivity contribution is -0.139. The van der Waals surface area contributed by atoms with Crippen molar-refractivity contribution in [1.29, 1.82) is 0 Å². The fourth-order valence-electron chi connectivity index (χ4n) is 4.31. The van der Waals surface area contributed by atoms with E-state index in [2.05, 4.69) is 5.32 Å². The maximum absolute atomic E-state index is 14.3. The molecule has 2 atom stereocenters. The third-order valence-corrected chi connectivity index (χ3v) is 9.31. The standard InChI is InChI=1S/C31H37Cl2N3O7S/c1-7-20(2)34-31(38)21(3)35(18-22-8-10-23(32)11-9-22)30(37)19-36(26-16-24(33)12-14-27(26)41-4)44(39,40)25-13-15-28(42-5)29(17-25)43-6/h8-17,20-21H,7,18-19H2,1-6H3,(H,34,38)/t20-,21-/m1/s1. The van der Waals surface area contributed by atoms with E-state index < -0.39 is 28.5 Å². The number of nitrogens with zero attached hydrogens (tertiary/aromatic N) is 2. The van der Waals surface area contributed by atoms with Crippen LogP contribution in [0.3, 0.4) is 0 Å². The van der Waals surface area contributed by atoms with E-state index in [1.165, 1.54) is 56.6 Å². The number of ether oxygens (including phenoxy) is 3. The van der Waals surface area contributed by atoms with Gasteiger partial charge in [-0.1, -0.05) is 42.3 Å².